The van der Waals surface area contributed by atoms with Crippen molar-refractivity contribution in [1.29, 1.82) is 0 Å². The van der Waals surface area contributed by atoms with Crippen LogP contribution < -0.4 is 10.9 Å². The maximum absolute atomic E-state index is 13.2. The van der Waals surface area contributed by atoms with Gasteiger partial charge in [0.1, 0.15) is 12.2 Å². The number of H-pyrrole nitrogens is 2. The number of amides is 1. The first kappa shape index (κ1) is 28.2. The van der Waals surface area contributed by atoms with Crippen molar-refractivity contribution in [3.63, 3.8) is 0 Å². The van der Waals surface area contributed by atoms with Gasteiger partial charge in [0.2, 0.25) is 11.5 Å². The number of aromatic nitrogens is 9. The minimum atomic E-state index is -1.21. The minimum Gasteiger partial charge on any atom is -0.478 e. The van der Waals surface area contributed by atoms with Gasteiger partial charge >= 0.3 is 5.97 Å². The number of halogens is 1. The van der Waals surface area contributed by atoms with E-state index in [0.717, 1.165) is 11.8 Å². The zero-order chi connectivity index (χ0) is 30.8. The van der Waals surface area contributed by atoms with E-state index in [2.05, 4.69) is 40.9 Å². The van der Waals surface area contributed by atoms with Crippen molar-refractivity contribution in [3.8, 4) is 16.9 Å². The van der Waals surface area contributed by atoms with Gasteiger partial charge in [0.25, 0.3) is 0 Å². The number of carbonyl (C=O) groups excluding carboxylic acids is 1. The van der Waals surface area contributed by atoms with E-state index in [1.807, 2.05) is 6.07 Å². The van der Waals surface area contributed by atoms with E-state index in [1.54, 1.807) is 66.6 Å². The molecule has 220 valence electrons. The number of carboxylic acids is 1. The third-order valence-corrected chi connectivity index (χ3v) is 7.04. The third-order valence-electron chi connectivity index (χ3n) is 6.81. The molecule has 0 aliphatic carbocycles. The van der Waals surface area contributed by atoms with E-state index >= 15 is 0 Å². The second-order valence-corrected chi connectivity index (χ2v) is 10.3. The lowest BCUT2D eigenvalue weighted by molar-refractivity contribution is -0.117. The highest BCUT2D eigenvalue weighted by molar-refractivity contribution is 6.30. The molecule has 0 radical (unpaired) electrons. The molecule has 1 atom stereocenters. The number of fused-ring (bicyclic) bond motifs is 1. The summed E-state index contributed by atoms with van der Waals surface area (Å²) in [6.07, 6.45) is 8.18. The summed E-state index contributed by atoms with van der Waals surface area (Å²) in [4.78, 5) is 47.3. The SMILES string of the molecule is Cn1ccc(C[C@H](NC(=O)/C=C/c2cc(Cl)ccc2-n2cnnn2)c2ncc(-c3ccc4[nH]c(=O)cc(C(=O)O)c4c3)[nH]2)n1. The predicted molar refractivity (Wildman–Crippen MR) is 160 cm³/mol. The number of aromatic carboxylic acids is 1. The van der Waals surface area contributed by atoms with Gasteiger partial charge in [-0.1, -0.05) is 17.7 Å². The maximum Gasteiger partial charge on any atom is 0.336 e. The van der Waals surface area contributed by atoms with Crippen molar-refractivity contribution in [3.05, 3.63) is 111 Å². The summed E-state index contributed by atoms with van der Waals surface area (Å²) < 4.78 is 3.13. The molecule has 6 rings (SSSR count). The van der Waals surface area contributed by atoms with Gasteiger partial charge in [0.05, 0.1) is 34.9 Å². The molecule has 1 amide bonds. The number of carbonyl (C=O) groups is 2. The van der Waals surface area contributed by atoms with E-state index in [1.165, 1.54) is 17.1 Å². The molecular weight excluding hydrogens is 588 g/mol. The van der Waals surface area contributed by atoms with Crippen molar-refractivity contribution in [1.82, 2.24) is 50.3 Å². The fourth-order valence-electron chi connectivity index (χ4n) is 4.78. The molecule has 15 heteroatoms. The summed E-state index contributed by atoms with van der Waals surface area (Å²) in [6, 6.07) is 12.5. The van der Waals surface area contributed by atoms with Crippen molar-refractivity contribution in [2.45, 2.75) is 12.5 Å². The summed E-state index contributed by atoms with van der Waals surface area (Å²) >= 11 is 6.20. The zero-order valence-electron chi connectivity index (χ0n) is 23.0. The van der Waals surface area contributed by atoms with Crippen LogP contribution in [0.5, 0.6) is 0 Å². The molecule has 0 aliphatic heterocycles. The van der Waals surface area contributed by atoms with Crippen molar-refractivity contribution >= 4 is 40.5 Å². The maximum atomic E-state index is 13.2. The van der Waals surface area contributed by atoms with E-state index in [4.69, 9.17) is 11.6 Å². The summed E-state index contributed by atoms with van der Waals surface area (Å²) in [6.45, 7) is 0. The molecular formula is C29H23ClN10O4. The highest BCUT2D eigenvalue weighted by atomic mass is 35.5. The number of imidazole rings is 1. The Morgan fingerprint density at radius 1 is 1.14 bits per heavy atom. The Kier molecular flexibility index (Phi) is 7.56. The van der Waals surface area contributed by atoms with Gasteiger partial charge in [-0.25, -0.2) is 9.78 Å². The van der Waals surface area contributed by atoms with Gasteiger partial charge in [-0.05, 0) is 52.9 Å². The molecule has 6 aromatic rings. The molecule has 0 spiro atoms. The smallest absolute Gasteiger partial charge is 0.336 e. The topological polar surface area (TPSA) is 189 Å². The minimum absolute atomic E-state index is 0.111. The highest BCUT2D eigenvalue weighted by Crippen LogP contribution is 2.26. The van der Waals surface area contributed by atoms with E-state index in [9.17, 15) is 19.5 Å². The van der Waals surface area contributed by atoms with Crippen LogP contribution in [0, 0.1) is 0 Å². The third kappa shape index (κ3) is 6.00. The number of hydrogen-bond donors (Lipinski definition) is 4. The first-order chi connectivity index (χ1) is 21.2. The first-order valence-electron chi connectivity index (χ1n) is 13.2. The molecule has 4 heterocycles. The molecule has 14 nitrogen and oxygen atoms in total. The lowest BCUT2D eigenvalue weighted by atomic mass is 10.0. The fourth-order valence-corrected chi connectivity index (χ4v) is 4.96. The van der Waals surface area contributed by atoms with Crippen LogP contribution in [0.25, 0.3) is 33.9 Å². The van der Waals surface area contributed by atoms with E-state index in [-0.39, 0.29) is 5.56 Å². The Hall–Kier alpha value is -5.89. The number of carboxylic acid groups (broad SMARTS) is 1. The van der Waals surface area contributed by atoms with Crippen LogP contribution in [0.4, 0.5) is 0 Å². The Bertz CT molecular complexity index is 2090. The lowest BCUT2D eigenvalue weighted by Crippen LogP contribution is -2.29. The molecule has 0 fully saturated rings. The van der Waals surface area contributed by atoms with Gasteiger partial charge in [-0.3, -0.25) is 14.3 Å². The lowest BCUT2D eigenvalue weighted by Gasteiger charge is -2.15. The summed E-state index contributed by atoms with van der Waals surface area (Å²) in [7, 11) is 1.80. The molecule has 0 bridgehead atoms. The molecule has 2 aromatic carbocycles. The van der Waals surface area contributed by atoms with Crippen LogP contribution in [-0.2, 0) is 18.3 Å². The average Bonchev–Trinajstić information content (AvgIpc) is 3.78. The first-order valence-corrected chi connectivity index (χ1v) is 13.6. The Morgan fingerprint density at radius 3 is 2.75 bits per heavy atom. The Morgan fingerprint density at radius 2 is 2.00 bits per heavy atom. The highest BCUT2D eigenvalue weighted by Gasteiger charge is 2.20. The number of hydrogen-bond acceptors (Lipinski definition) is 8. The van der Waals surface area contributed by atoms with Gasteiger partial charge in [-0.2, -0.15) is 9.78 Å². The van der Waals surface area contributed by atoms with Gasteiger partial charge in [-0.15, -0.1) is 5.10 Å². The number of aromatic amines is 2. The summed E-state index contributed by atoms with van der Waals surface area (Å²) in [5, 5.41) is 29.1. The number of tetrazole rings is 1. The molecule has 44 heavy (non-hydrogen) atoms. The molecule has 0 saturated carbocycles. The summed E-state index contributed by atoms with van der Waals surface area (Å²) in [5.74, 6) is -1.14. The predicted octanol–water partition coefficient (Wildman–Crippen LogP) is 3.09. The zero-order valence-corrected chi connectivity index (χ0v) is 23.7. The molecule has 0 unspecified atom stereocenters. The number of benzene rings is 2. The van der Waals surface area contributed by atoms with Gasteiger partial charge in [0, 0.05) is 58.9 Å². The van der Waals surface area contributed by atoms with Crippen LogP contribution >= 0.6 is 11.6 Å². The van der Waals surface area contributed by atoms with Crippen LogP contribution in [0.3, 0.4) is 0 Å². The van der Waals surface area contributed by atoms with E-state index < -0.39 is 23.5 Å². The van der Waals surface area contributed by atoms with Crippen LogP contribution in [0.2, 0.25) is 5.02 Å². The number of nitrogens with one attached hydrogen (secondary N) is 3. The van der Waals surface area contributed by atoms with Crippen molar-refractivity contribution in [2.24, 2.45) is 7.05 Å². The largest absolute Gasteiger partial charge is 0.478 e. The summed E-state index contributed by atoms with van der Waals surface area (Å²) in [5.41, 5.74) is 3.00. The second kappa shape index (κ2) is 11.8. The fraction of sp³-hybridized carbons (Fsp3) is 0.103. The van der Waals surface area contributed by atoms with Crippen LogP contribution in [-0.4, -0.2) is 61.9 Å². The quantitative estimate of drug-likeness (QED) is 0.178. The molecule has 0 aliphatic rings. The number of nitrogens with zero attached hydrogens (tertiary/aromatic N) is 7. The Labute approximate surface area is 253 Å². The number of rotatable bonds is 9. The van der Waals surface area contributed by atoms with Crippen LogP contribution in [0.1, 0.15) is 33.5 Å². The average molecular weight is 611 g/mol. The number of pyridine rings is 1. The molecule has 4 aromatic heterocycles. The molecule has 0 saturated heterocycles. The standard InChI is InChI=1S/C29H23ClN10O4/c1-39-9-8-19(36-39)12-23(34-26(41)7-3-17-10-18(30)4-6-25(17)40-15-32-37-38-40)28-31-14-24(35-28)16-2-5-22-20(11-16)21(29(43)44)13-27(42)33-22/h2-11,13-15,23H,12H2,1H3,(H,31,35)(H,33,42)(H,34,41)(H,43,44)/b7-3+/t23-/m0/s1. The van der Waals surface area contributed by atoms with Crippen LogP contribution in [0.15, 0.2) is 78.1 Å². The molecule has 4 N–H and O–H groups in total. The number of aryl methyl sites for hydroxylation is 1. The van der Waals surface area contributed by atoms with Gasteiger partial charge in [0.15, 0.2) is 0 Å². The van der Waals surface area contributed by atoms with E-state index in [0.29, 0.717) is 50.7 Å². The monoisotopic (exact) mass is 610 g/mol. The Balaban J connectivity index is 1.29. The van der Waals surface area contributed by atoms with Gasteiger partial charge < -0.3 is 20.4 Å². The second-order valence-electron chi connectivity index (χ2n) is 9.83. The van der Waals surface area contributed by atoms with Crippen molar-refractivity contribution < 1.29 is 14.7 Å². The van der Waals surface area contributed by atoms with Crippen molar-refractivity contribution in [2.75, 3.05) is 0 Å². The normalized spacial score (nSPS) is 12.1.